The Balaban J connectivity index is 1.74. The van der Waals surface area contributed by atoms with E-state index >= 15 is 0 Å². The van der Waals surface area contributed by atoms with Crippen molar-refractivity contribution < 1.29 is 17.6 Å². The number of amides is 1. The number of halogens is 1. The molecule has 3 rings (SSSR count). The fourth-order valence-corrected chi connectivity index (χ4v) is 3.61. The summed E-state index contributed by atoms with van der Waals surface area (Å²) in [5.74, 6) is -0.881. The number of sulfonamides is 1. The summed E-state index contributed by atoms with van der Waals surface area (Å²) in [4.78, 5) is 16.5. The first-order valence-electron chi connectivity index (χ1n) is 8.42. The number of aromatic nitrogens is 1. The van der Waals surface area contributed by atoms with E-state index in [0.717, 1.165) is 23.4 Å². The molecule has 0 radical (unpaired) electrons. The zero-order valence-corrected chi connectivity index (χ0v) is 15.8. The number of pyridine rings is 1. The molecule has 0 aliphatic rings. The van der Waals surface area contributed by atoms with Gasteiger partial charge in [0.2, 0.25) is 0 Å². The smallest absolute Gasteiger partial charge is 0.261 e. The van der Waals surface area contributed by atoms with Crippen LogP contribution in [0, 0.1) is 12.7 Å². The monoisotopic (exact) mass is 399 g/mol. The van der Waals surface area contributed by atoms with Crippen molar-refractivity contribution in [2.75, 3.05) is 4.72 Å². The summed E-state index contributed by atoms with van der Waals surface area (Å²) in [6.45, 7) is 2.12. The van der Waals surface area contributed by atoms with E-state index in [1.54, 1.807) is 6.20 Å². The number of hydrogen-bond acceptors (Lipinski definition) is 4. The highest BCUT2D eigenvalue weighted by Gasteiger charge is 2.17. The minimum Gasteiger partial charge on any atom is -0.346 e. The van der Waals surface area contributed by atoms with Gasteiger partial charge in [0.05, 0.1) is 17.1 Å². The molecule has 0 bridgehead atoms. The van der Waals surface area contributed by atoms with Crippen molar-refractivity contribution in [2.45, 2.75) is 18.4 Å². The Morgan fingerprint density at radius 3 is 2.54 bits per heavy atom. The minimum absolute atomic E-state index is 0.0708. The van der Waals surface area contributed by atoms with Crippen molar-refractivity contribution in [3.05, 3.63) is 89.5 Å². The Kier molecular flexibility index (Phi) is 5.70. The lowest BCUT2D eigenvalue weighted by Crippen LogP contribution is -2.24. The first-order valence-corrected chi connectivity index (χ1v) is 9.90. The van der Waals surface area contributed by atoms with Crippen LogP contribution in [0.1, 0.15) is 21.6 Å². The number of carbonyl (C=O) groups excluding carboxylic acids is 1. The molecule has 0 spiro atoms. The van der Waals surface area contributed by atoms with Gasteiger partial charge in [-0.3, -0.25) is 14.5 Å². The zero-order valence-electron chi connectivity index (χ0n) is 15.0. The van der Waals surface area contributed by atoms with E-state index < -0.39 is 21.7 Å². The summed E-state index contributed by atoms with van der Waals surface area (Å²) >= 11 is 0. The second kappa shape index (κ2) is 8.18. The second-order valence-corrected chi connectivity index (χ2v) is 7.77. The summed E-state index contributed by atoms with van der Waals surface area (Å²) < 4.78 is 40.4. The third kappa shape index (κ3) is 4.72. The highest BCUT2D eigenvalue weighted by Crippen LogP contribution is 2.17. The van der Waals surface area contributed by atoms with Crippen molar-refractivity contribution in [3.8, 4) is 0 Å². The Morgan fingerprint density at radius 2 is 1.82 bits per heavy atom. The average molecular weight is 399 g/mol. The lowest BCUT2D eigenvalue weighted by molar-refractivity contribution is 0.0950. The van der Waals surface area contributed by atoms with Crippen LogP contribution < -0.4 is 10.0 Å². The number of aryl methyl sites for hydroxylation is 1. The van der Waals surface area contributed by atoms with E-state index in [0.29, 0.717) is 0 Å². The fraction of sp³-hybridized carbons (Fsp3) is 0.100. The molecule has 0 unspecified atom stereocenters. The summed E-state index contributed by atoms with van der Waals surface area (Å²) in [5.41, 5.74) is 2.11. The number of carbonyl (C=O) groups is 1. The van der Waals surface area contributed by atoms with Gasteiger partial charge in [0.15, 0.2) is 0 Å². The third-order valence-corrected chi connectivity index (χ3v) is 5.42. The van der Waals surface area contributed by atoms with Crippen LogP contribution in [0.2, 0.25) is 0 Å². The summed E-state index contributed by atoms with van der Waals surface area (Å²) in [7, 11) is -3.92. The van der Waals surface area contributed by atoms with Gasteiger partial charge in [-0.1, -0.05) is 12.1 Å². The van der Waals surface area contributed by atoms with Gasteiger partial charge in [0, 0.05) is 17.4 Å². The van der Waals surface area contributed by atoms with E-state index in [4.69, 9.17) is 0 Å². The van der Waals surface area contributed by atoms with Crippen LogP contribution in [0.3, 0.4) is 0 Å². The standard InChI is InChI=1S/C20H18FN3O3S/c1-14-4-3-11-22-19(14)13-23-20(25)15-5-2-6-18(12-15)28(26,27)24-17-9-7-16(21)8-10-17/h2-12,24H,13H2,1H3,(H,23,25). The van der Waals surface area contributed by atoms with Gasteiger partial charge in [-0.25, -0.2) is 12.8 Å². The zero-order chi connectivity index (χ0) is 20.1. The SMILES string of the molecule is Cc1cccnc1CNC(=O)c1cccc(S(=O)(=O)Nc2ccc(F)cc2)c1. The van der Waals surface area contributed by atoms with Crippen LogP contribution in [0.5, 0.6) is 0 Å². The number of rotatable bonds is 6. The second-order valence-electron chi connectivity index (χ2n) is 6.09. The maximum atomic E-state index is 13.0. The molecule has 2 aromatic carbocycles. The maximum Gasteiger partial charge on any atom is 0.261 e. The van der Waals surface area contributed by atoms with Crippen molar-refractivity contribution in [2.24, 2.45) is 0 Å². The molecule has 0 atom stereocenters. The first kappa shape index (κ1) is 19.5. The number of nitrogens with zero attached hydrogens (tertiary/aromatic N) is 1. The van der Waals surface area contributed by atoms with Crippen LogP contribution in [-0.4, -0.2) is 19.3 Å². The first-order chi connectivity index (χ1) is 13.3. The molecule has 2 N–H and O–H groups in total. The van der Waals surface area contributed by atoms with Crippen LogP contribution in [-0.2, 0) is 16.6 Å². The molecule has 8 heteroatoms. The molecule has 1 heterocycles. The van der Waals surface area contributed by atoms with E-state index in [1.165, 1.54) is 36.4 Å². The van der Waals surface area contributed by atoms with Crippen molar-refractivity contribution in [1.29, 1.82) is 0 Å². The number of nitrogens with one attached hydrogen (secondary N) is 2. The molecule has 0 saturated carbocycles. The number of benzene rings is 2. The van der Waals surface area contributed by atoms with Crippen LogP contribution in [0.15, 0.2) is 71.8 Å². The van der Waals surface area contributed by atoms with E-state index in [2.05, 4.69) is 15.0 Å². The van der Waals surface area contributed by atoms with Crippen LogP contribution in [0.4, 0.5) is 10.1 Å². The normalized spacial score (nSPS) is 11.1. The molecule has 3 aromatic rings. The Labute approximate surface area is 162 Å². The van der Waals surface area contributed by atoms with Gasteiger partial charge in [-0.2, -0.15) is 0 Å². The molecule has 0 aliphatic carbocycles. The molecule has 0 saturated heterocycles. The van der Waals surface area contributed by atoms with Gasteiger partial charge < -0.3 is 5.32 Å². The molecule has 6 nitrogen and oxygen atoms in total. The Morgan fingerprint density at radius 1 is 1.07 bits per heavy atom. The predicted molar refractivity (Wildman–Crippen MR) is 104 cm³/mol. The highest BCUT2D eigenvalue weighted by atomic mass is 32.2. The van der Waals surface area contributed by atoms with Crippen molar-refractivity contribution in [1.82, 2.24) is 10.3 Å². The van der Waals surface area contributed by atoms with Gasteiger partial charge in [0.25, 0.3) is 15.9 Å². The molecular weight excluding hydrogens is 381 g/mol. The Bertz CT molecular complexity index is 1100. The quantitative estimate of drug-likeness (QED) is 0.666. The predicted octanol–water partition coefficient (Wildman–Crippen LogP) is 3.26. The van der Waals surface area contributed by atoms with Crippen LogP contribution >= 0.6 is 0 Å². The summed E-state index contributed by atoms with van der Waals surface area (Å²) in [5, 5.41) is 2.73. The van der Waals surface area contributed by atoms with Gasteiger partial charge in [-0.05, 0) is 61.0 Å². The third-order valence-electron chi connectivity index (χ3n) is 4.04. The highest BCUT2D eigenvalue weighted by molar-refractivity contribution is 7.92. The summed E-state index contributed by atoms with van der Waals surface area (Å²) in [6.07, 6.45) is 1.64. The topological polar surface area (TPSA) is 88.2 Å². The van der Waals surface area contributed by atoms with Crippen molar-refractivity contribution in [3.63, 3.8) is 0 Å². The van der Waals surface area contributed by atoms with E-state index in [1.807, 2.05) is 19.1 Å². The van der Waals surface area contributed by atoms with Crippen LogP contribution in [0.25, 0.3) is 0 Å². The van der Waals surface area contributed by atoms with Gasteiger partial charge >= 0.3 is 0 Å². The lowest BCUT2D eigenvalue weighted by Gasteiger charge is -2.10. The molecule has 0 aliphatic heterocycles. The number of hydrogen-bond donors (Lipinski definition) is 2. The molecule has 1 amide bonds. The summed E-state index contributed by atoms with van der Waals surface area (Å²) in [6, 6.07) is 14.3. The molecule has 1 aromatic heterocycles. The van der Waals surface area contributed by atoms with Crippen molar-refractivity contribution >= 4 is 21.6 Å². The lowest BCUT2D eigenvalue weighted by atomic mass is 10.2. The largest absolute Gasteiger partial charge is 0.346 e. The van der Waals surface area contributed by atoms with Gasteiger partial charge in [0.1, 0.15) is 5.82 Å². The number of anilines is 1. The molecule has 144 valence electrons. The molecular formula is C20H18FN3O3S. The molecule has 0 fully saturated rings. The minimum atomic E-state index is -3.92. The van der Waals surface area contributed by atoms with Gasteiger partial charge in [-0.15, -0.1) is 0 Å². The Hall–Kier alpha value is -3.26. The fourth-order valence-electron chi connectivity index (χ4n) is 2.51. The molecule has 28 heavy (non-hydrogen) atoms. The van der Waals surface area contributed by atoms with E-state index in [9.17, 15) is 17.6 Å². The maximum absolute atomic E-state index is 13.0. The average Bonchev–Trinajstić information content (AvgIpc) is 2.69. The van der Waals surface area contributed by atoms with E-state index in [-0.39, 0.29) is 22.7 Å².